The normalized spacial score (nSPS) is 11.2. The zero-order valence-electron chi connectivity index (χ0n) is 10.4. The summed E-state index contributed by atoms with van der Waals surface area (Å²) in [5, 5.41) is 2.47. The number of hydrogen-bond acceptors (Lipinski definition) is 5. The average molecular weight is 312 g/mol. The van der Waals surface area contributed by atoms with Crippen molar-refractivity contribution >= 4 is 29.1 Å². The number of nitrogens with one attached hydrogen (secondary N) is 1. The number of thioether (sulfide) groups is 1. The minimum atomic E-state index is -4.33. The molecule has 0 fully saturated rings. The number of ether oxygens (including phenoxy) is 1. The van der Waals surface area contributed by atoms with E-state index in [1.807, 2.05) is 0 Å². The van der Waals surface area contributed by atoms with E-state index in [9.17, 15) is 22.4 Å². The summed E-state index contributed by atoms with van der Waals surface area (Å²) in [7, 11) is 1.14. The molecule has 1 rings (SSSR count). The van der Waals surface area contributed by atoms with Crippen molar-refractivity contribution < 1.29 is 27.1 Å². The van der Waals surface area contributed by atoms with Crippen molar-refractivity contribution in [1.29, 1.82) is 0 Å². The van der Waals surface area contributed by atoms with Crippen LogP contribution in [0.15, 0.2) is 12.1 Å². The van der Waals surface area contributed by atoms with Gasteiger partial charge in [-0.05, 0) is 23.9 Å². The molecule has 1 aromatic carbocycles. The van der Waals surface area contributed by atoms with Gasteiger partial charge >= 0.3 is 11.5 Å². The maximum atomic E-state index is 13.5. The van der Waals surface area contributed by atoms with E-state index in [2.05, 4.69) is 10.1 Å². The minimum absolute atomic E-state index is 0.0557. The Morgan fingerprint density at radius 3 is 2.65 bits per heavy atom. The number of esters is 1. The number of rotatable bonds is 5. The fraction of sp³-hybridized carbons (Fsp3) is 0.364. The zero-order valence-corrected chi connectivity index (χ0v) is 11.2. The lowest BCUT2D eigenvalue weighted by molar-refractivity contribution is -0.0327. The first kappa shape index (κ1) is 16.4. The van der Waals surface area contributed by atoms with E-state index >= 15 is 0 Å². The highest BCUT2D eigenvalue weighted by Gasteiger charge is 2.27. The minimum Gasteiger partial charge on any atom is -0.465 e. The summed E-state index contributed by atoms with van der Waals surface area (Å²) in [6.45, 7) is -0.119. The van der Waals surface area contributed by atoms with Gasteiger partial charge in [0.25, 0.3) is 0 Å². The molecule has 0 amide bonds. The summed E-state index contributed by atoms with van der Waals surface area (Å²) in [5.74, 6) is -1.80. The number of anilines is 2. The Labute approximate surface area is 116 Å². The summed E-state index contributed by atoms with van der Waals surface area (Å²) in [4.78, 5) is 11.4. The molecule has 0 atom stereocenters. The van der Waals surface area contributed by atoms with Crippen LogP contribution < -0.4 is 11.1 Å². The van der Waals surface area contributed by atoms with Gasteiger partial charge in [-0.2, -0.15) is 13.2 Å². The lowest BCUT2D eigenvalue weighted by Gasteiger charge is -2.11. The van der Waals surface area contributed by atoms with Crippen molar-refractivity contribution in [1.82, 2.24) is 0 Å². The molecule has 0 heterocycles. The fourth-order valence-corrected chi connectivity index (χ4v) is 1.80. The Balaban J connectivity index is 2.73. The van der Waals surface area contributed by atoms with E-state index in [4.69, 9.17) is 5.73 Å². The highest BCUT2D eigenvalue weighted by Crippen LogP contribution is 2.30. The van der Waals surface area contributed by atoms with E-state index in [1.165, 1.54) is 0 Å². The molecule has 112 valence electrons. The Hall–Kier alpha value is -1.64. The maximum Gasteiger partial charge on any atom is 0.441 e. The van der Waals surface area contributed by atoms with Gasteiger partial charge in [0.2, 0.25) is 0 Å². The second-order valence-corrected chi connectivity index (χ2v) is 4.79. The molecule has 0 saturated carbocycles. The van der Waals surface area contributed by atoms with Crippen LogP contribution in [0.1, 0.15) is 10.4 Å². The van der Waals surface area contributed by atoms with Gasteiger partial charge in [-0.15, -0.1) is 0 Å². The molecule has 9 heteroatoms. The van der Waals surface area contributed by atoms with Crippen molar-refractivity contribution in [2.45, 2.75) is 5.51 Å². The summed E-state index contributed by atoms with van der Waals surface area (Å²) in [6, 6.07) is 2.01. The molecule has 0 radical (unpaired) electrons. The predicted molar refractivity (Wildman–Crippen MR) is 69.2 cm³/mol. The van der Waals surface area contributed by atoms with Gasteiger partial charge in [0, 0.05) is 18.0 Å². The summed E-state index contributed by atoms with van der Waals surface area (Å²) >= 11 is -0.224. The average Bonchev–Trinajstić information content (AvgIpc) is 2.34. The number of methoxy groups -OCH3 is 1. The van der Waals surface area contributed by atoms with Crippen LogP contribution in [0.25, 0.3) is 0 Å². The Bertz CT molecular complexity index is 494. The lowest BCUT2D eigenvalue weighted by atomic mass is 10.1. The molecule has 4 nitrogen and oxygen atoms in total. The van der Waals surface area contributed by atoms with Crippen LogP contribution in [-0.2, 0) is 4.74 Å². The third kappa shape index (κ3) is 4.80. The molecule has 20 heavy (non-hydrogen) atoms. The molecule has 1 aromatic rings. The van der Waals surface area contributed by atoms with E-state index < -0.39 is 17.3 Å². The number of nitrogen functional groups attached to an aromatic ring is 1. The predicted octanol–water partition coefficient (Wildman–Crippen LogP) is 2.86. The molecule has 0 unspecified atom stereocenters. The Morgan fingerprint density at radius 2 is 2.10 bits per heavy atom. The van der Waals surface area contributed by atoms with Crippen LogP contribution >= 0.6 is 11.8 Å². The van der Waals surface area contributed by atoms with Gasteiger partial charge in [0.1, 0.15) is 5.82 Å². The number of carbonyl (C=O) groups excluding carboxylic acids is 1. The number of hydrogen-bond donors (Lipinski definition) is 2. The third-order valence-corrected chi connectivity index (χ3v) is 2.96. The van der Waals surface area contributed by atoms with Crippen LogP contribution in [-0.4, -0.2) is 30.9 Å². The van der Waals surface area contributed by atoms with E-state index in [1.54, 1.807) is 0 Å². The molecule has 0 aromatic heterocycles. The van der Waals surface area contributed by atoms with Crippen LogP contribution in [0.4, 0.5) is 28.9 Å². The quantitative estimate of drug-likeness (QED) is 0.379. The highest BCUT2D eigenvalue weighted by atomic mass is 32.2. The first-order valence-corrected chi connectivity index (χ1v) is 6.35. The fourth-order valence-electron chi connectivity index (χ4n) is 1.36. The molecular formula is C11H12F4N2O2S. The first-order valence-electron chi connectivity index (χ1n) is 5.36. The monoisotopic (exact) mass is 312 g/mol. The number of benzene rings is 1. The second kappa shape index (κ2) is 6.69. The smallest absolute Gasteiger partial charge is 0.441 e. The van der Waals surface area contributed by atoms with Gasteiger partial charge in [-0.1, -0.05) is 0 Å². The molecule has 0 aliphatic rings. The SMILES string of the molecule is COC(=O)c1cc(NCCSC(F)(F)F)c(F)cc1N. The van der Waals surface area contributed by atoms with Crippen LogP contribution in [0.3, 0.4) is 0 Å². The van der Waals surface area contributed by atoms with Gasteiger partial charge < -0.3 is 15.8 Å². The molecule has 0 bridgehead atoms. The largest absolute Gasteiger partial charge is 0.465 e. The molecular weight excluding hydrogens is 300 g/mol. The van der Waals surface area contributed by atoms with Crippen LogP contribution in [0, 0.1) is 5.82 Å². The van der Waals surface area contributed by atoms with Crippen LogP contribution in [0.2, 0.25) is 0 Å². The van der Waals surface area contributed by atoms with E-state index in [-0.39, 0.29) is 41.0 Å². The first-order chi connectivity index (χ1) is 9.24. The molecule has 0 saturated heterocycles. The summed E-state index contributed by atoms with van der Waals surface area (Å²) in [5.41, 5.74) is 0.851. The number of carbonyl (C=O) groups is 1. The number of halogens is 4. The van der Waals surface area contributed by atoms with Crippen molar-refractivity contribution in [3.05, 3.63) is 23.5 Å². The molecule has 0 aliphatic carbocycles. The van der Waals surface area contributed by atoms with Crippen molar-refractivity contribution in [3.8, 4) is 0 Å². The van der Waals surface area contributed by atoms with Crippen molar-refractivity contribution in [2.75, 3.05) is 30.5 Å². The van der Waals surface area contributed by atoms with Crippen molar-refractivity contribution in [2.24, 2.45) is 0 Å². The van der Waals surface area contributed by atoms with Crippen LogP contribution in [0.5, 0.6) is 0 Å². The van der Waals surface area contributed by atoms with Gasteiger partial charge in [-0.25, -0.2) is 9.18 Å². The number of nitrogens with two attached hydrogens (primary N) is 1. The molecule has 3 N–H and O–H groups in total. The Kier molecular flexibility index (Phi) is 5.49. The third-order valence-electron chi connectivity index (χ3n) is 2.23. The summed E-state index contributed by atoms with van der Waals surface area (Å²) < 4.78 is 53.7. The van der Waals surface area contributed by atoms with Gasteiger partial charge in [0.05, 0.1) is 18.4 Å². The number of alkyl halides is 3. The summed E-state index contributed by atoms with van der Waals surface area (Å²) in [6.07, 6.45) is 0. The molecule has 0 spiro atoms. The van der Waals surface area contributed by atoms with Crippen molar-refractivity contribution in [3.63, 3.8) is 0 Å². The molecule has 0 aliphatic heterocycles. The topological polar surface area (TPSA) is 64.3 Å². The zero-order chi connectivity index (χ0) is 15.3. The maximum absolute atomic E-state index is 13.5. The lowest BCUT2D eigenvalue weighted by Crippen LogP contribution is -2.12. The van der Waals surface area contributed by atoms with Gasteiger partial charge in [-0.3, -0.25) is 0 Å². The van der Waals surface area contributed by atoms with E-state index in [0.717, 1.165) is 19.2 Å². The second-order valence-electron chi connectivity index (χ2n) is 3.63. The standard InChI is InChI=1S/C11H12F4N2O2S/c1-19-10(18)6-4-9(7(12)5-8(6)16)17-2-3-20-11(13,14)15/h4-5,17H,2-3,16H2,1H3. The van der Waals surface area contributed by atoms with Gasteiger partial charge in [0.15, 0.2) is 0 Å². The van der Waals surface area contributed by atoms with E-state index in [0.29, 0.717) is 0 Å². The highest BCUT2D eigenvalue weighted by molar-refractivity contribution is 8.00. The Morgan fingerprint density at radius 1 is 1.45 bits per heavy atom.